The van der Waals surface area contributed by atoms with Crippen LogP contribution in [-0.2, 0) is 6.54 Å². The van der Waals surface area contributed by atoms with Crippen molar-refractivity contribution in [2.24, 2.45) is 0 Å². The topological polar surface area (TPSA) is 29.9 Å². The highest BCUT2D eigenvalue weighted by molar-refractivity contribution is 5.30. The van der Waals surface area contributed by atoms with E-state index in [1.54, 1.807) is 0 Å². The molecule has 0 aliphatic rings. The van der Waals surface area contributed by atoms with Gasteiger partial charge in [-0.3, -0.25) is 4.68 Å². The molecule has 0 radical (unpaired) electrons. The summed E-state index contributed by atoms with van der Waals surface area (Å²) in [7, 11) is 1.98. The van der Waals surface area contributed by atoms with E-state index in [0.717, 1.165) is 6.54 Å². The molecule has 1 N–H and O–H groups in total. The molecular weight excluding hydrogens is 210 g/mol. The van der Waals surface area contributed by atoms with Crippen molar-refractivity contribution in [1.29, 1.82) is 0 Å². The summed E-state index contributed by atoms with van der Waals surface area (Å²) in [6.07, 6.45) is 1.86. The zero-order valence-electron chi connectivity index (χ0n) is 10.6. The average Bonchev–Trinajstić information content (AvgIpc) is 2.81. The average molecular weight is 229 g/mol. The number of aromatic nitrogens is 2. The molecule has 0 spiro atoms. The third kappa shape index (κ3) is 2.39. The van der Waals surface area contributed by atoms with Crippen LogP contribution in [0.25, 0.3) is 0 Å². The van der Waals surface area contributed by atoms with Crippen LogP contribution in [0.2, 0.25) is 0 Å². The Morgan fingerprint density at radius 3 is 2.53 bits per heavy atom. The molecule has 0 bridgehead atoms. The molecular formula is C14H19N3. The Hall–Kier alpha value is -1.61. The van der Waals surface area contributed by atoms with Crippen LogP contribution in [0, 0.1) is 6.92 Å². The second-order valence-corrected chi connectivity index (χ2v) is 4.20. The minimum atomic E-state index is 0.207. The molecule has 0 fully saturated rings. The third-order valence-corrected chi connectivity index (χ3v) is 3.04. The minimum Gasteiger partial charge on any atom is -0.308 e. The molecule has 3 heteroatoms. The Morgan fingerprint density at radius 2 is 1.94 bits per heavy atom. The van der Waals surface area contributed by atoms with Crippen LogP contribution in [0.3, 0.4) is 0 Å². The summed E-state index contributed by atoms with van der Waals surface area (Å²) in [6.45, 7) is 5.11. The molecule has 1 atom stereocenters. The monoisotopic (exact) mass is 229 g/mol. The van der Waals surface area contributed by atoms with Crippen LogP contribution < -0.4 is 5.32 Å². The molecule has 17 heavy (non-hydrogen) atoms. The number of aryl methyl sites for hydroxylation is 2. The lowest BCUT2D eigenvalue weighted by atomic mass is 10.0. The van der Waals surface area contributed by atoms with Crippen LogP contribution >= 0.6 is 0 Å². The van der Waals surface area contributed by atoms with Gasteiger partial charge in [0, 0.05) is 12.7 Å². The maximum absolute atomic E-state index is 4.32. The predicted octanol–water partition coefficient (Wildman–Crippen LogP) is 2.52. The van der Waals surface area contributed by atoms with Gasteiger partial charge in [0.25, 0.3) is 0 Å². The molecule has 2 aromatic rings. The highest BCUT2D eigenvalue weighted by Crippen LogP contribution is 2.21. The second kappa shape index (κ2) is 5.15. The molecule has 1 heterocycles. The Balaban J connectivity index is 2.36. The van der Waals surface area contributed by atoms with Gasteiger partial charge in [-0.15, -0.1) is 0 Å². The summed E-state index contributed by atoms with van der Waals surface area (Å²) in [6, 6.07) is 10.9. The summed E-state index contributed by atoms with van der Waals surface area (Å²) in [5.74, 6) is 0. The van der Waals surface area contributed by atoms with E-state index in [2.05, 4.69) is 54.6 Å². The van der Waals surface area contributed by atoms with E-state index >= 15 is 0 Å². The van der Waals surface area contributed by atoms with E-state index in [9.17, 15) is 0 Å². The SMILES string of the molecule is CCn1nccc1C(NC)c1ccc(C)cc1. The normalized spacial score (nSPS) is 12.6. The van der Waals surface area contributed by atoms with E-state index in [0.29, 0.717) is 0 Å². The van der Waals surface area contributed by atoms with Crippen molar-refractivity contribution in [1.82, 2.24) is 15.1 Å². The molecule has 90 valence electrons. The van der Waals surface area contributed by atoms with Crippen LogP contribution in [-0.4, -0.2) is 16.8 Å². The molecule has 0 saturated heterocycles. The van der Waals surface area contributed by atoms with Gasteiger partial charge in [0.1, 0.15) is 0 Å². The van der Waals surface area contributed by atoms with Gasteiger partial charge in [0.2, 0.25) is 0 Å². The molecule has 0 amide bonds. The number of rotatable bonds is 4. The zero-order chi connectivity index (χ0) is 12.3. The van der Waals surface area contributed by atoms with Crippen LogP contribution in [0.15, 0.2) is 36.5 Å². The Bertz CT molecular complexity index is 470. The summed E-state index contributed by atoms with van der Waals surface area (Å²) in [5.41, 5.74) is 3.76. The first-order valence-electron chi connectivity index (χ1n) is 6.01. The van der Waals surface area contributed by atoms with Crippen LogP contribution in [0.5, 0.6) is 0 Å². The van der Waals surface area contributed by atoms with E-state index < -0.39 is 0 Å². The Kier molecular flexibility index (Phi) is 3.59. The molecule has 3 nitrogen and oxygen atoms in total. The molecule has 0 aliphatic heterocycles. The van der Waals surface area contributed by atoms with Crippen molar-refractivity contribution >= 4 is 0 Å². The van der Waals surface area contributed by atoms with Gasteiger partial charge in [-0.05, 0) is 32.5 Å². The Labute approximate surface area is 102 Å². The summed E-state index contributed by atoms with van der Waals surface area (Å²) in [4.78, 5) is 0. The lowest BCUT2D eigenvalue weighted by Gasteiger charge is -2.18. The van der Waals surface area contributed by atoms with Gasteiger partial charge in [0.15, 0.2) is 0 Å². The van der Waals surface area contributed by atoms with Gasteiger partial charge < -0.3 is 5.32 Å². The summed E-state index contributed by atoms with van der Waals surface area (Å²) >= 11 is 0. The number of hydrogen-bond acceptors (Lipinski definition) is 2. The number of hydrogen-bond donors (Lipinski definition) is 1. The lowest BCUT2D eigenvalue weighted by molar-refractivity contribution is 0.563. The molecule has 1 unspecified atom stereocenters. The van der Waals surface area contributed by atoms with Crippen molar-refractivity contribution in [3.05, 3.63) is 53.3 Å². The van der Waals surface area contributed by atoms with Gasteiger partial charge in [-0.2, -0.15) is 5.10 Å². The van der Waals surface area contributed by atoms with Crippen molar-refractivity contribution < 1.29 is 0 Å². The van der Waals surface area contributed by atoms with Crippen molar-refractivity contribution in [3.8, 4) is 0 Å². The summed E-state index contributed by atoms with van der Waals surface area (Å²) in [5, 5.41) is 7.68. The first-order valence-corrected chi connectivity index (χ1v) is 6.01. The first-order chi connectivity index (χ1) is 8.26. The van der Waals surface area contributed by atoms with Crippen molar-refractivity contribution in [2.75, 3.05) is 7.05 Å². The van der Waals surface area contributed by atoms with Crippen LogP contribution in [0.4, 0.5) is 0 Å². The number of nitrogens with one attached hydrogen (secondary N) is 1. The van der Waals surface area contributed by atoms with Gasteiger partial charge >= 0.3 is 0 Å². The smallest absolute Gasteiger partial charge is 0.0745 e. The number of nitrogens with zero attached hydrogens (tertiary/aromatic N) is 2. The first kappa shape index (κ1) is 11.9. The lowest BCUT2D eigenvalue weighted by Crippen LogP contribution is -2.21. The third-order valence-electron chi connectivity index (χ3n) is 3.04. The van der Waals surface area contributed by atoms with Crippen molar-refractivity contribution in [2.45, 2.75) is 26.4 Å². The van der Waals surface area contributed by atoms with E-state index in [1.807, 2.05) is 17.9 Å². The van der Waals surface area contributed by atoms with Gasteiger partial charge in [-0.1, -0.05) is 29.8 Å². The molecule has 1 aromatic carbocycles. The van der Waals surface area contributed by atoms with Crippen molar-refractivity contribution in [3.63, 3.8) is 0 Å². The quantitative estimate of drug-likeness (QED) is 0.873. The predicted molar refractivity (Wildman–Crippen MR) is 70.0 cm³/mol. The molecule has 1 aromatic heterocycles. The van der Waals surface area contributed by atoms with E-state index in [4.69, 9.17) is 0 Å². The molecule has 0 aliphatic carbocycles. The highest BCUT2D eigenvalue weighted by atomic mass is 15.3. The molecule has 0 saturated carbocycles. The maximum atomic E-state index is 4.32. The van der Waals surface area contributed by atoms with Gasteiger partial charge in [-0.25, -0.2) is 0 Å². The second-order valence-electron chi connectivity index (χ2n) is 4.20. The fraction of sp³-hybridized carbons (Fsp3) is 0.357. The fourth-order valence-electron chi connectivity index (χ4n) is 2.10. The van der Waals surface area contributed by atoms with Gasteiger partial charge in [0.05, 0.1) is 11.7 Å². The van der Waals surface area contributed by atoms with E-state index in [-0.39, 0.29) is 6.04 Å². The largest absolute Gasteiger partial charge is 0.308 e. The standard InChI is InChI=1S/C14H19N3/c1-4-17-13(9-10-16-17)14(15-3)12-7-5-11(2)6-8-12/h5-10,14-15H,4H2,1-3H3. The Morgan fingerprint density at radius 1 is 1.24 bits per heavy atom. The highest BCUT2D eigenvalue weighted by Gasteiger charge is 2.15. The summed E-state index contributed by atoms with van der Waals surface area (Å²) < 4.78 is 2.03. The maximum Gasteiger partial charge on any atom is 0.0745 e. The number of benzene rings is 1. The molecule has 2 rings (SSSR count). The van der Waals surface area contributed by atoms with E-state index in [1.165, 1.54) is 16.8 Å². The minimum absolute atomic E-state index is 0.207. The van der Waals surface area contributed by atoms with Crippen LogP contribution in [0.1, 0.15) is 29.8 Å². The fourth-order valence-corrected chi connectivity index (χ4v) is 2.10. The zero-order valence-corrected chi connectivity index (χ0v) is 10.6.